The highest BCUT2D eigenvalue weighted by Crippen LogP contribution is 2.20. The van der Waals surface area contributed by atoms with Crippen molar-refractivity contribution < 1.29 is 27.2 Å². The molecule has 1 N–H and O–H groups in total. The lowest BCUT2D eigenvalue weighted by molar-refractivity contribution is -0.140. The molecule has 8 nitrogen and oxygen atoms in total. The van der Waals surface area contributed by atoms with Gasteiger partial charge in [-0.2, -0.15) is 0 Å². The van der Waals surface area contributed by atoms with E-state index in [2.05, 4.69) is 10.8 Å². The number of furan rings is 1. The molecular formula is C24H24N2O6S. The zero-order valence-corrected chi connectivity index (χ0v) is 18.9. The molecule has 2 heterocycles. The average Bonchev–Trinajstić information content (AvgIpc) is 3.36. The first kappa shape index (κ1) is 22.8. The molecule has 1 aliphatic rings. The number of ether oxygens (including phenoxy) is 1. The third-order valence-corrected chi connectivity index (χ3v) is 6.91. The summed E-state index contributed by atoms with van der Waals surface area (Å²) in [5.74, 6) is -0.477. The first-order valence-electron chi connectivity index (χ1n) is 10.5. The Morgan fingerprint density at radius 2 is 1.79 bits per heavy atom. The zero-order chi connectivity index (χ0) is 23.4. The van der Waals surface area contributed by atoms with Gasteiger partial charge < -0.3 is 14.1 Å². The van der Waals surface area contributed by atoms with E-state index in [4.69, 9.17) is 9.15 Å². The standard InChI is InChI=1S/C24H24N2O6S/c1-17(23(27)26-13-12-18-5-2-3-6-20(18)16-26)32-24(28)19-8-10-22(11-9-19)33(29,30)25-15-21-7-4-14-31-21/h2-11,14,17,25H,12-13,15-16H2,1H3/t17-/m0/s1. The Bertz CT molecular complexity index is 1240. The number of fused-ring (bicyclic) bond motifs is 1. The van der Waals surface area contributed by atoms with Gasteiger partial charge in [-0.3, -0.25) is 4.79 Å². The summed E-state index contributed by atoms with van der Waals surface area (Å²) in [7, 11) is -3.78. The van der Waals surface area contributed by atoms with Crippen LogP contribution < -0.4 is 4.72 Å². The Morgan fingerprint density at radius 3 is 2.48 bits per heavy atom. The van der Waals surface area contributed by atoms with E-state index in [1.54, 1.807) is 17.0 Å². The van der Waals surface area contributed by atoms with Crippen LogP contribution in [0.15, 0.2) is 76.2 Å². The molecule has 0 radical (unpaired) electrons. The third kappa shape index (κ3) is 5.32. The maximum atomic E-state index is 12.8. The van der Waals surface area contributed by atoms with E-state index in [0.29, 0.717) is 18.8 Å². The van der Waals surface area contributed by atoms with E-state index in [9.17, 15) is 18.0 Å². The molecule has 0 aliphatic carbocycles. The number of sulfonamides is 1. The smallest absolute Gasteiger partial charge is 0.338 e. The summed E-state index contributed by atoms with van der Waals surface area (Å²) < 4.78 is 37.7. The maximum Gasteiger partial charge on any atom is 0.338 e. The van der Waals surface area contributed by atoms with Crippen molar-refractivity contribution in [3.05, 3.63) is 89.4 Å². The number of carbonyl (C=O) groups is 2. The Balaban J connectivity index is 1.35. The predicted octanol–water partition coefficient (Wildman–Crippen LogP) is 2.89. The first-order valence-corrected chi connectivity index (χ1v) is 12.0. The van der Waals surface area contributed by atoms with Crippen molar-refractivity contribution in [2.24, 2.45) is 0 Å². The minimum atomic E-state index is -3.78. The number of amides is 1. The normalized spacial score (nSPS) is 14.4. The number of benzene rings is 2. The molecule has 3 aromatic rings. The maximum absolute atomic E-state index is 12.8. The molecule has 0 saturated carbocycles. The largest absolute Gasteiger partial charge is 0.468 e. The highest BCUT2D eigenvalue weighted by molar-refractivity contribution is 7.89. The molecule has 2 aromatic carbocycles. The fourth-order valence-electron chi connectivity index (χ4n) is 3.65. The Morgan fingerprint density at radius 1 is 1.06 bits per heavy atom. The zero-order valence-electron chi connectivity index (χ0n) is 18.1. The van der Waals surface area contributed by atoms with E-state index < -0.39 is 22.1 Å². The van der Waals surface area contributed by atoms with Crippen LogP contribution in [0.4, 0.5) is 0 Å². The van der Waals surface area contributed by atoms with Crippen molar-refractivity contribution >= 4 is 21.9 Å². The number of esters is 1. The van der Waals surface area contributed by atoms with Gasteiger partial charge in [0.25, 0.3) is 5.91 Å². The Hall–Kier alpha value is -3.43. The van der Waals surface area contributed by atoms with Gasteiger partial charge in [0.1, 0.15) is 5.76 Å². The molecule has 1 aliphatic heterocycles. The quantitative estimate of drug-likeness (QED) is 0.535. The molecule has 0 bridgehead atoms. The third-order valence-electron chi connectivity index (χ3n) is 5.49. The molecule has 0 saturated heterocycles. The van der Waals surface area contributed by atoms with Crippen LogP contribution in [0.25, 0.3) is 0 Å². The highest BCUT2D eigenvalue weighted by atomic mass is 32.2. The molecule has 33 heavy (non-hydrogen) atoms. The summed E-state index contributed by atoms with van der Waals surface area (Å²) >= 11 is 0. The minimum absolute atomic E-state index is 0.00159. The predicted molar refractivity (Wildman–Crippen MR) is 120 cm³/mol. The van der Waals surface area contributed by atoms with Crippen LogP contribution in [0, 0.1) is 0 Å². The van der Waals surface area contributed by atoms with E-state index in [1.165, 1.54) is 43.0 Å². The number of hydrogen-bond acceptors (Lipinski definition) is 6. The number of nitrogens with one attached hydrogen (secondary N) is 1. The molecule has 0 unspecified atom stereocenters. The highest BCUT2D eigenvalue weighted by Gasteiger charge is 2.27. The molecule has 1 amide bonds. The number of carbonyl (C=O) groups excluding carboxylic acids is 2. The van der Waals surface area contributed by atoms with E-state index in [0.717, 1.165) is 12.0 Å². The number of rotatable bonds is 7. The van der Waals surface area contributed by atoms with Crippen LogP contribution in [0.3, 0.4) is 0 Å². The Kier molecular flexibility index (Phi) is 6.62. The molecule has 9 heteroatoms. The van der Waals surface area contributed by atoms with Crippen molar-refractivity contribution in [3.8, 4) is 0 Å². The lowest BCUT2D eigenvalue weighted by Gasteiger charge is -2.30. The molecule has 0 spiro atoms. The first-order chi connectivity index (χ1) is 15.8. The van der Waals surface area contributed by atoms with E-state index >= 15 is 0 Å². The van der Waals surface area contributed by atoms with Crippen molar-refractivity contribution in [1.82, 2.24) is 9.62 Å². The van der Waals surface area contributed by atoms with Gasteiger partial charge in [-0.25, -0.2) is 17.9 Å². The molecule has 0 fully saturated rings. The van der Waals surface area contributed by atoms with Gasteiger partial charge in [0, 0.05) is 13.1 Å². The summed E-state index contributed by atoms with van der Waals surface area (Å²) in [5.41, 5.74) is 2.47. The van der Waals surface area contributed by atoms with Crippen LogP contribution in [0.2, 0.25) is 0 Å². The fourth-order valence-corrected chi connectivity index (χ4v) is 4.65. The second-order valence-electron chi connectivity index (χ2n) is 7.75. The van der Waals surface area contributed by atoms with Gasteiger partial charge in [-0.15, -0.1) is 0 Å². The summed E-state index contributed by atoms with van der Waals surface area (Å²) in [6.07, 6.45) is 1.26. The SMILES string of the molecule is C[C@H](OC(=O)c1ccc(S(=O)(=O)NCc2ccco2)cc1)C(=O)N1CCc2ccccc2C1. The minimum Gasteiger partial charge on any atom is -0.468 e. The van der Waals surface area contributed by atoms with Gasteiger partial charge in [0.15, 0.2) is 6.10 Å². The topological polar surface area (TPSA) is 106 Å². The van der Waals surface area contributed by atoms with Gasteiger partial charge in [-0.05, 0) is 60.9 Å². The van der Waals surface area contributed by atoms with Gasteiger partial charge >= 0.3 is 5.97 Å². The van der Waals surface area contributed by atoms with Crippen molar-refractivity contribution in [2.45, 2.75) is 37.4 Å². The van der Waals surface area contributed by atoms with Crippen molar-refractivity contribution in [1.29, 1.82) is 0 Å². The van der Waals surface area contributed by atoms with Crippen molar-refractivity contribution in [3.63, 3.8) is 0 Å². The lowest BCUT2D eigenvalue weighted by atomic mass is 9.99. The summed E-state index contributed by atoms with van der Waals surface area (Å²) in [6.45, 7) is 2.60. The molecule has 1 aromatic heterocycles. The fraction of sp³-hybridized carbons (Fsp3) is 0.250. The van der Waals surface area contributed by atoms with Crippen LogP contribution in [-0.2, 0) is 39.1 Å². The van der Waals surface area contributed by atoms with Gasteiger partial charge in [-0.1, -0.05) is 24.3 Å². The van der Waals surface area contributed by atoms with Crippen LogP contribution in [0.5, 0.6) is 0 Å². The second-order valence-corrected chi connectivity index (χ2v) is 9.52. The number of nitrogens with zero attached hydrogens (tertiary/aromatic N) is 1. The number of hydrogen-bond donors (Lipinski definition) is 1. The molecule has 172 valence electrons. The van der Waals surface area contributed by atoms with Crippen LogP contribution >= 0.6 is 0 Å². The summed E-state index contributed by atoms with van der Waals surface area (Å²) in [4.78, 5) is 27.0. The summed E-state index contributed by atoms with van der Waals surface area (Å²) in [5, 5.41) is 0. The van der Waals surface area contributed by atoms with Gasteiger partial charge in [0.05, 0.1) is 23.3 Å². The molecule has 1 atom stereocenters. The van der Waals surface area contributed by atoms with E-state index in [1.807, 2.05) is 18.2 Å². The van der Waals surface area contributed by atoms with Crippen LogP contribution in [-0.4, -0.2) is 37.8 Å². The monoisotopic (exact) mass is 468 g/mol. The van der Waals surface area contributed by atoms with Crippen molar-refractivity contribution in [2.75, 3.05) is 6.54 Å². The Labute approximate surface area is 192 Å². The molecular weight excluding hydrogens is 444 g/mol. The van der Waals surface area contributed by atoms with Crippen LogP contribution in [0.1, 0.15) is 34.2 Å². The second kappa shape index (κ2) is 9.60. The van der Waals surface area contributed by atoms with E-state index in [-0.39, 0.29) is 22.9 Å². The summed E-state index contributed by atoms with van der Waals surface area (Å²) in [6, 6.07) is 16.6. The van der Waals surface area contributed by atoms with Gasteiger partial charge in [0.2, 0.25) is 10.0 Å². The molecule has 4 rings (SSSR count). The lowest BCUT2D eigenvalue weighted by Crippen LogP contribution is -2.42. The average molecular weight is 469 g/mol.